The minimum absolute atomic E-state index is 0.593. The van der Waals surface area contributed by atoms with Crippen molar-refractivity contribution in [2.24, 2.45) is 0 Å². The van der Waals surface area contributed by atoms with Crippen LogP contribution in [0.5, 0.6) is 0 Å². The Bertz CT molecular complexity index is 509. The summed E-state index contributed by atoms with van der Waals surface area (Å²) in [6.07, 6.45) is 2.06. The summed E-state index contributed by atoms with van der Waals surface area (Å²) < 4.78 is 0. The van der Waals surface area contributed by atoms with Gasteiger partial charge in [-0.25, -0.2) is 0 Å². The van der Waals surface area contributed by atoms with Crippen molar-refractivity contribution in [3.8, 4) is 0 Å². The number of nitrogen functional groups attached to an aromatic ring is 2. The minimum Gasteiger partial charge on any atom is -0.397 e. The summed E-state index contributed by atoms with van der Waals surface area (Å²) in [7, 11) is 0. The standard InChI is InChI=1S/C13H15N3S/c1-17-11-5-2-9(3-6-11)16-10-4-7-12(14)13(15)8-10/h2-8,16H,14-15H2,1H3. The van der Waals surface area contributed by atoms with E-state index < -0.39 is 0 Å². The molecule has 0 amide bonds. The van der Waals surface area contributed by atoms with E-state index in [0.29, 0.717) is 11.4 Å². The van der Waals surface area contributed by atoms with Crippen LogP contribution in [0.2, 0.25) is 0 Å². The molecule has 0 aromatic heterocycles. The maximum absolute atomic E-state index is 5.75. The maximum Gasteiger partial charge on any atom is 0.0568 e. The van der Waals surface area contributed by atoms with Gasteiger partial charge in [-0.1, -0.05) is 0 Å². The SMILES string of the molecule is CSc1ccc(Nc2ccc(N)c(N)c2)cc1. The fourth-order valence-electron chi connectivity index (χ4n) is 1.49. The lowest BCUT2D eigenvalue weighted by molar-refractivity contribution is 1.44. The molecular formula is C13H15N3S. The van der Waals surface area contributed by atoms with E-state index in [1.54, 1.807) is 17.8 Å². The van der Waals surface area contributed by atoms with Crippen molar-refractivity contribution in [3.05, 3.63) is 42.5 Å². The van der Waals surface area contributed by atoms with E-state index in [1.807, 2.05) is 24.3 Å². The van der Waals surface area contributed by atoms with Crippen LogP contribution in [0.15, 0.2) is 47.4 Å². The number of benzene rings is 2. The van der Waals surface area contributed by atoms with Crippen LogP contribution in [-0.2, 0) is 0 Å². The molecule has 0 spiro atoms. The highest BCUT2D eigenvalue weighted by atomic mass is 32.2. The molecule has 0 aliphatic rings. The van der Waals surface area contributed by atoms with Gasteiger partial charge < -0.3 is 16.8 Å². The van der Waals surface area contributed by atoms with Crippen molar-refractivity contribution in [2.45, 2.75) is 4.90 Å². The van der Waals surface area contributed by atoms with Gasteiger partial charge in [-0.2, -0.15) is 0 Å². The van der Waals surface area contributed by atoms with Gasteiger partial charge in [0.15, 0.2) is 0 Å². The van der Waals surface area contributed by atoms with E-state index in [0.717, 1.165) is 11.4 Å². The summed E-state index contributed by atoms with van der Waals surface area (Å²) in [4.78, 5) is 1.24. The number of thioether (sulfide) groups is 1. The molecule has 0 aliphatic heterocycles. The second-order valence-corrected chi connectivity index (χ2v) is 4.58. The molecule has 2 aromatic carbocycles. The summed E-state index contributed by atoms with van der Waals surface area (Å²) in [6, 6.07) is 13.8. The highest BCUT2D eigenvalue weighted by molar-refractivity contribution is 7.98. The van der Waals surface area contributed by atoms with Crippen LogP contribution in [-0.4, -0.2) is 6.26 Å². The largest absolute Gasteiger partial charge is 0.397 e. The lowest BCUT2D eigenvalue weighted by Gasteiger charge is -2.08. The highest BCUT2D eigenvalue weighted by Crippen LogP contribution is 2.24. The van der Waals surface area contributed by atoms with Crippen LogP contribution in [0.1, 0.15) is 0 Å². The maximum atomic E-state index is 5.75. The number of nitrogens with two attached hydrogens (primary N) is 2. The van der Waals surface area contributed by atoms with Crippen molar-refractivity contribution < 1.29 is 0 Å². The molecule has 0 atom stereocenters. The van der Waals surface area contributed by atoms with Crippen molar-refractivity contribution in [1.82, 2.24) is 0 Å². The van der Waals surface area contributed by atoms with Gasteiger partial charge in [0, 0.05) is 16.3 Å². The molecule has 0 unspecified atom stereocenters. The summed E-state index contributed by atoms with van der Waals surface area (Å²) in [5, 5.41) is 3.28. The number of nitrogens with one attached hydrogen (secondary N) is 1. The van der Waals surface area contributed by atoms with Gasteiger partial charge in [-0.15, -0.1) is 11.8 Å². The first kappa shape index (κ1) is 11.7. The molecule has 2 aromatic rings. The molecule has 0 saturated carbocycles. The molecule has 0 heterocycles. The van der Waals surface area contributed by atoms with E-state index in [-0.39, 0.29) is 0 Å². The number of anilines is 4. The lowest BCUT2D eigenvalue weighted by Crippen LogP contribution is -1.96. The third-order valence-electron chi connectivity index (χ3n) is 2.47. The molecule has 0 bridgehead atoms. The topological polar surface area (TPSA) is 64.1 Å². The highest BCUT2D eigenvalue weighted by Gasteiger charge is 1.98. The Morgan fingerprint density at radius 3 is 2.12 bits per heavy atom. The predicted octanol–water partition coefficient (Wildman–Crippen LogP) is 3.32. The number of rotatable bonds is 3. The van der Waals surface area contributed by atoms with E-state index in [4.69, 9.17) is 11.5 Å². The van der Waals surface area contributed by atoms with Crippen molar-refractivity contribution in [3.63, 3.8) is 0 Å². The molecule has 4 heteroatoms. The number of hydrogen-bond donors (Lipinski definition) is 3. The zero-order chi connectivity index (χ0) is 12.3. The third kappa shape index (κ3) is 2.85. The summed E-state index contributed by atoms with van der Waals surface area (Å²) >= 11 is 1.72. The average molecular weight is 245 g/mol. The van der Waals surface area contributed by atoms with Gasteiger partial charge in [0.25, 0.3) is 0 Å². The predicted molar refractivity (Wildman–Crippen MR) is 76.8 cm³/mol. The van der Waals surface area contributed by atoms with E-state index >= 15 is 0 Å². The molecule has 0 saturated heterocycles. The zero-order valence-electron chi connectivity index (χ0n) is 9.60. The smallest absolute Gasteiger partial charge is 0.0568 e. The van der Waals surface area contributed by atoms with Crippen LogP contribution in [0.3, 0.4) is 0 Å². The summed E-state index contributed by atoms with van der Waals surface area (Å²) in [5.41, 5.74) is 14.6. The van der Waals surface area contributed by atoms with Gasteiger partial charge in [0.05, 0.1) is 11.4 Å². The molecular weight excluding hydrogens is 230 g/mol. The molecule has 0 fully saturated rings. The Kier molecular flexibility index (Phi) is 3.44. The Labute approximate surface area is 105 Å². The quantitative estimate of drug-likeness (QED) is 0.573. The molecule has 2 rings (SSSR count). The Balaban J connectivity index is 2.16. The van der Waals surface area contributed by atoms with Gasteiger partial charge in [0.2, 0.25) is 0 Å². The summed E-state index contributed by atoms with van der Waals surface area (Å²) in [5.74, 6) is 0. The molecule has 0 radical (unpaired) electrons. The van der Waals surface area contributed by atoms with Gasteiger partial charge in [0.1, 0.15) is 0 Å². The Hall–Kier alpha value is -1.81. The molecule has 17 heavy (non-hydrogen) atoms. The monoisotopic (exact) mass is 245 g/mol. The van der Waals surface area contributed by atoms with E-state index in [2.05, 4.69) is 23.7 Å². The fourth-order valence-corrected chi connectivity index (χ4v) is 1.90. The molecule has 5 N–H and O–H groups in total. The average Bonchev–Trinajstić information content (AvgIpc) is 2.35. The minimum atomic E-state index is 0.593. The van der Waals surface area contributed by atoms with Gasteiger partial charge in [-0.3, -0.25) is 0 Å². The second-order valence-electron chi connectivity index (χ2n) is 3.70. The first-order chi connectivity index (χ1) is 8.19. The first-order valence-electron chi connectivity index (χ1n) is 5.25. The van der Waals surface area contributed by atoms with Crippen LogP contribution in [0.25, 0.3) is 0 Å². The zero-order valence-corrected chi connectivity index (χ0v) is 10.4. The van der Waals surface area contributed by atoms with Crippen molar-refractivity contribution in [2.75, 3.05) is 23.0 Å². The van der Waals surface area contributed by atoms with Crippen LogP contribution in [0.4, 0.5) is 22.7 Å². The van der Waals surface area contributed by atoms with Gasteiger partial charge in [-0.05, 0) is 48.7 Å². The van der Waals surface area contributed by atoms with Crippen LogP contribution in [0, 0.1) is 0 Å². The lowest BCUT2D eigenvalue weighted by atomic mass is 10.2. The van der Waals surface area contributed by atoms with Crippen LogP contribution < -0.4 is 16.8 Å². The molecule has 0 aliphatic carbocycles. The summed E-state index contributed by atoms with van der Waals surface area (Å²) in [6.45, 7) is 0. The van der Waals surface area contributed by atoms with Crippen molar-refractivity contribution in [1.29, 1.82) is 0 Å². The van der Waals surface area contributed by atoms with E-state index in [1.165, 1.54) is 4.90 Å². The normalized spacial score (nSPS) is 10.2. The fraction of sp³-hybridized carbons (Fsp3) is 0.0769. The first-order valence-corrected chi connectivity index (χ1v) is 6.47. The van der Waals surface area contributed by atoms with Crippen molar-refractivity contribution >= 4 is 34.5 Å². The molecule has 88 valence electrons. The second kappa shape index (κ2) is 5.01. The van der Waals surface area contributed by atoms with Gasteiger partial charge >= 0.3 is 0 Å². The third-order valence-corrected chi connectivity index (χ3v) is 3.21. The Morgan fingerprint density at radius 2 is 1.53 bits per heavy atom. The molecule has 3 nitrogen and oxygen atoms in total. The van der Waals surface area contributed by atoms with E-state index in [9.17, 15) is 0 Å². The Morgan fingerprint density at radius 1 is 0.882 bits per heavy atom. The number of hydrogen-bond acceptors (Lipinski definition) is 4. The van der Waals surface area contributed by atoms with Crippen LogP contribution >= 0.6 is 11.8 Å².